The molecule has 0 aliphatic heterocycles. The smallest absolute Gasteiger partial charge is 0.293 e. The molecule has 0 radical (unpaired) electrons. The summed E-state index contributed by atoms with van der Waals surface area (Å²) >= 11 is 0. The van der Waals surface area contributed by atoms with Crippen molar-refractivity contribution in [2.24, 2.45) is 0 Å². The molecule has 0 N–H and O–H groups in total. The van der Waals surface area contributed by atoms with Crippen molar-refractivity contribution in [3.63, 3.8) is 0 Å². The maximum atomic E-state index is 15.9. The molecule has 0 atom stereocenters. The van der Waals surface area contributed by atoms with Crippen LogP contribution in [0.2, 0.25) is 0 Å². The number of halogens is 2. The first-order chi connectivity index (χ1) is 18.1. The van der Waals surface area contributed by atoms with Gasteiger partial charge >= 0.3 is 5.97 Å². The number of unbranched alkanes of at least 4 members (excludes halogenated alkanes) is 7. The number of hydrogen-bond acceptors (Lipinski definition) is 3. The Labute approximate surface area is 219 Å². The number of rotatable bonds is 15. The fourth-order valence-electron chi connectivity index (χ4n) is 4.43. The first-order valence-electron chi connectivity index (χ1n) is 13.6. The van der Waals surface area contributed by atoms with Crippen LogP contribution in [0, 0.1) is 11.6 Å². The second kappa shape index (κ2) is 15.3. The summed E-state index contributed by atoms with van der Waals surface area (Å²) in [5, 5.41) is 0. The zero-order valence-electron chi connectivity index (χ0n) is 22.0. The van der Waals surface area contributed by atoms with Crippen molar-refractivity contribution in [2.75, 3.05) is 6.61 Å². The molecule has 0 saturated carbocycles. The van der Waals surface area contributed by atoms with Gasteiger partial charge in [-0.25, -0.2) is 13.6 Å². The zero-order chi connectivity index (χ0) is 26.5. The summed E-state index contributed by atoms with van der Waals surface area (Å²) in [6, 6.07) is 17.1. The molecule has 0 aliphatic carbocycles. The Bertz CT molecular complexity index is 1130. The van der Waals surface area contributed by atoms with Gasteiger partial charge in [0.2, 0.25) is 0 Å². The lowest BCUT2D eigenvalue weighted by molar-refractivity contribution is -0.241. The average molecular weight is 509 g/mol. The Kier molecular flexibility index (Phi) is 11.8. The van der Waals surface area contributed by atoms with Gasteiger partial charge in [-0.2, -0.15) is 4.89 Å². The molecule has 5 heteroatoms. The summed E-state index contributed by atoms with van der Waals surface area (Å²) in [7, 11) is 0. The molecular formula is C32H38F2O3. The van der Waals surface area contributed by atoms with Crippen LogP contribution in [0.25, 0.3) is 22.3 Å². The van der Waals surface area contributed by atoms with E-state index in [9.17, 15) is 4.79 Å². The molecule has 3 aromatic rings. The Morgan fingerprint density at radius 3 is 2.16 bits per heavy atom. The van der Waals surface area contributed by atoms with Crippen molar-refractivity contribution < 1.29 is 23.4 Å². The Hall–Kier alpha value is -3.05. The average Bonchev–Trinajstić information content (AvgIpc) is 2.91. The lowest BCUT2D eigenvalue weighted by Gasteiger charge is -2.15. The Balaban J connectivity index is 1.83. The summed E-state index contributed by atoms with van der Waals surface area (Å²) in [6.07, 6.45) is 10.3. The first kappa shape index (κ1) is 28.5. The number of carbonyl (C=O) groups excluding carboxylic acids is 1. The second-order valence-corrected chi connectivity index (χ2v) is 9.45. The minimum atomic E-state index is -0.930. The van der Waals surface area contributed by atoms with Crippen molar-refractivity contribution in [2.45, 2.75) is 78.1 Å². The van der Waals surface area contributed by atoms with Crippen LogP contribution < -0.4 is 0 Å². The third-order valence-corrected chi connectivity index (χ3v) is 6.53. The first-order valence-corrected chi connectivity index (χ1v) is 13.6. The molecular weight excluding hydrogens is 470 g/mol. The van der Waals surface area contributed by atoms with E-state index < -0.39 is 17.6 Å². The SMILES string of the molecule is CCCCCCCCOOC(=O)c1ccc(-c2ccccc2)c(-c2ccc(CCCCC)cc2F)c1F. The summed E-state index contributed by atoms with van der Waals surface area (Å²) in [5.41, 5.74) is 1.95. The van der Waals surface area contributed by atoms with Gasteiger partial charge in [0.1, 0.15) is 11.6 Å². The summed E-state index contributed by atoms with van der Waals surface area (Å²) in [6.45, 7) is 4.54. The molecule has 3 nitrogen and oxygen atoms in total. The van der Waals surface area contributed by atoms with E-state index in [0.717, 1.165) is 56.1 Å². The predicted octanol–water partition coefficient (Wildman–Crippen LogP) is 9.48. The fourth-order valence-corrected chi connectivity index (χ4v) is 4.43. The Morgan fingerprint density at radius 2 is 1.43 bits per heavy atom. The van der Waals surface area contributed by atoms with Crippen LogP contribution in [0.15, 0.2) is 60.7 Å². The largest absolute Gasteiger partial charge is 0.376 e. The lowest BCUT2D eigenvalue weighted by atomic mass is 9.91. The molecule has 0 amide bonds. The molecule has 0 saturated heterocycles. The van der Waals surface area contributed by atoms with Crippen LogP contribution in [0.3, 0.4) is 0 Å². The minimum Gasteiger partial charge on any atom is -0.293 e. The Morgan fingerprint density at radius 1 is 0.757 bits per heavy atom. The van der Waals surface area contributed by atoms with Crippen molar-refractivity contribution in [3.8, 4) is 22.3 Å². The van der Waals surface area contributed by atoms with Crippen LogP contribution in [-0.2, 0) is 16.2 Å². The van der Waals surface area contributed by atoms with Gasteiger partial charge < -0.3 is 0 Å². The highest BCUT2D eigenvalue weighted by Gasteiger charge is 2.24. The summed E-state index contributed by atoms with van der Waals surface area (Å²) < 4.78 is 31.3. The van der Waals surface area contributed by atoms with E-state index in [2.05, 4.69) is 13.8 Å². The van der Waals surface area contributed by atoms with Crippen LogP contribution in [-0.4, -0.2) is 12.6 Å². The van der Waals surface area contributed by atoms with Crippen LogP contribution in [0.1, 0.15) is 87.6 Å². The van der Waals surface area contributed by atoms with Gasteiger partial charge in [0.25, 0.3) is 0 Å². The maximum Gasteiger partial charge on any atom is 0.376 e. The third-order valence-electron chi connectivity index (χ3n) is 6.53. The molecule has 0 bridgehead atoms. The van der Waals surface area contributed by atoms with Crippen LogP contribution in [0.4, 0.5) is 8.78 Å². The van der Waals surface area contributed by atoms with Crippen molar-refractivity contribution in [3.05, 3.63) is 83.4 Å². The van der Waals surface area contributed by atoms with E-state index in [-0.39, 0.29) is 23.3 Å². The molecule has 0 spiro atoms. The predicted molar refractivity (Wildman–Crippen MR) is 145 cm³/mol. The van der Waals surface area contributed by atoms with E-state index in [1.54, 1.807) is 12.1 Å². The van der Waals surface area contributed by atoms with Crippen molar-refractivity contribution in [1.29, 1.82) is 0 Å². The van der Waals surface area contributed by atoms with Crippen LogP contribution >= 0.6 is 0 Å². The van der Waals surface area contributed by atoms with E-state index in [1.807, 2.05) is 36.4 Å². The second-order valence-electron chi connectivity index (χ2n) is 9.45. The molecule has 3 aromatic carbocycles. The quantitative estimate of drug-likeness (QED) is 0.116. The van der Waals surface area contributed by atoms with E-state index >= 15 is 8.78 Å². The fraction of sp³-hybridized carbons (Fsp3) is 0.406. The highest BCUT2D eigenvalue weighted by atomic mass is 19.1. The van der Waals surface area contributed by atoms with E-state index in [4.69, 9.17) is 9.78 Å². The highest BCUT2D eigenvalue weighted by Crippen LogP contribution is 2.37. The number of benzene rings is 3. The number of aryl methyl sites for hydroxylation is 1. The summed E-state index contributed by atoms with van der Waals surface area (Å²) in [5.74, 6) is -2.27. The summed E-state index contributed by atoms with van der Waals surface area (Å²) in [4.78, 5) is 22.6. The van der Waals surface area contributed by atoms with Gasteiger partial charge in [0, 0.05) is 11.1 Å². The molecule has 0 aliphatic rings. The van der Waals surface area contributed by atoms with Gasteiger partial charge in [-0.05, 0) is 48.1 Å². The molecule has 198 valence electrons. The number of hydrogen-bond donors (Lipinski definition) is 0. The van der Waals surface area contributed by atoms with Crippen molar-refractivity contribution in [1.82, 2.24) is 0 Å². The molecule has 0 heterocycles. The van der Waals surface area contributed by atoms with Crippen molar-refractivity contribution >= 4 is 5.97 Å². The van der Waals surface area contributed by atoms with E-state index in [0.29, 0.717) is 5.56 Å². The molecule has 3 rings (SSSR count). The maximum absolute atomic E-state index is 15.9. The molecule has 0 fully saturated rings. The minimum absolute atomic E-state index is 0.0363. The van der Waals surface area contributed by atoms with Gasteiger partial charge in [-0.15, -0.1) is 0 Å². The van der Waals surface area contributed by atoms with Gasteiger partial charge in [0.15, 0.2) is 0 Å². The number of carbonyl (C=O) groups is 1. The molecule has 0 unspecified atom stereocenters. The zero-order valence-corrected chi connectivity index (χ0v) is 22.0. The monoisotopic (exact) mass is 508 g/mol. The lowest BCUT2D eigenvalue weighted by Crippen LogP contribution is -2.10. The van der Waals surface area contributed by atoms with E-state index in [1.165, 1.54) is 31.4 Å². The van der Waals surface area contributed by atoms with Gasteiger partial charge in [-0.3, -0.25) is 4.89 Å². The van der Waals surface area contributed by atoms with Gasteiger partial charge in [-0.1, -0.05) is 107 Å². The molecule has 0 aromatic heterocycles. The molecule has 37 heavy (non-hydrogen) atoms. The van der Waals surface area contributed by atoms with Gasteiger partial charge in [0.05, 0.1) is 12.2 Å². The normalized spacial score (nSPS) is 11.0. The van der Waals surface area contributed by atoms with Crippen LogP contribution in [0.5, 0.6) is 0 Å². The standard InChI is InChI=1S/C32H38F2O3/c1-3-5-7-8-9-14-22-36-37-32(35)28-21-20-26(25-16-12-10-13-17-25)30(31(28)34)27-19-18-24(23-29(27)33)15-11-6-4-2/h10,12-13,16-21,23H,3-9,11,14-15,22H2,1-2H3. The third kappa shape index (κ3) is 8.22. The topological polar surface area (TPSA) is 35.5 Å². The highest BCUT2D eigenvalue weighted by molar-refractivity contribution is 5.95.